The second-order valence-electron chi connectivity index (χ2n) is 11.8. The Balaban J connectivity index is 1.90. The number of ether oxygens (including phenoxy) is 2. The van der Waals surface area contributed by atoms with Crippen LogP contribution in [-0.4, -0.2) is 72.7 Å². The molecular formula is C30H40F6N2O5. The van der Waals surface area contributed by atoms with Crippen LogP contribution in [0.25, 0.3) is 0 Å². The van der Waals surface area contributed by atoms with E-state index in [1.54, 1.807) is 13.8 Å². The highest BCUT2D eigenvalue weighted by molar-refractivity contribution is 5.86. The molecule has 0 saturated heterocycles. The van der Waals surface area contributed by atoms with Crippen molar-refractivity contribution >= 4 is 17.8 Å². The van der Waals surface area contributed by atoms with E-state index in [0.717, 1.165) is 24.1 Å². The molecule has 43 heavy (non-hydrogen) atoms. The molecule has 1 fully saturated rings. The monoisotopic (exact) mass is 622 g/mol. The molecule has 0 radical (unpaired) electrons. The van der Waals surface area contributed by atoms with Crippen LogP contribution < -0.4 is 0 Å². The first-order valence-electron chi connectivity index (χ1n) is 14.5. The van der Waals surface area contributed by atoms with Crippen molar-refractivity contribution in [2.75, 3.05) is 26.9 Å². The lowest BCUT2D eigenvalue weighted by Crippen LogP contribution is -2.56. The number of fused-ring (bicyclic) bond motifs is 1. The Morgan fingerprint density at radius 1 is 1.07 bits per heavy atom. The van der Waals surface area contributed by atoms with Gasteiger partial charge in [-0.2, -0.15) is 26.3 Å². The van der Waals surface area contributed by atoms with Gasteiger partial charge in [0.25, 0.3) is 0 Å². The summed E-state index contributed by atoms with van der Waals surface area (Å²) in [5.41, 5.74) is -1.41. The van der Waals surface area contributed by atoms with Gasteiger partial charge in [-0.05, 0) is 75.1 Å². The van der Waals surface area contributed by atoms with E-state index in [1.807, 2.05) is 13.8 Å². The van der Waals surface area contributed by atoms with Gasteiger partial charge in [-0.3, -0.25) is 14.4 Å². The zero-order valence-corrected chi connectivity index (χ0v) is 25.1. The van der Waals surface area contributed by atoms with E-state index in [-0.39, 0.29) is 69.2 Å². The van der Waals surface area contributed by atoms with Crippen molar-refractivity contribution in [3.63, 3.8) is 0 Å². The molecule has 0 N–H and O–H groups in total. The van der Waals surface area contributed by atoms with E-state index in [9.17, 15) is 40.7 Å². The third kappa shape index (κ3) is 7.46. The number of rotatable bonds is 9. The number of alkyl halides is 6. The topological polar surface area (TPSA) is 76.2 Å². The SMILES string of the molecule is CCOCCC(C)N(C(=O)C(F)(F)F)C1CCC(C(=O)N2Cc3cc(C(F)(F)F)ccc3C(C(=O)OC)C2)(C(C)C)CC1. The molecule has 1 aliphatic carbocycles. The molecule has 2 amide bonds. The second kappa shape index (κ2) is 13.4. The van der Waals surface area contributed by atoms with E-state index in [4.69, 9.17) is 9.47 Å². The summed E-state index contributed by atoms with van der Waals surface area (Å²) in [6.45, 7) is 7.26. The van der Waals surface area contributed by atoms with Crippen molar-refractivity contribution in [1.82, 2.24) is 9.80 Å². The molecule has 7 nitrogen and oxygen atoms in total. The highest BCUT2D eigenvalue weighted by Crippen LogP contribution is 2.47. The van der Waals surface area contributed by atoms with E-state index in [0.29, 0.717) is 12.2 Å². The molecule has 1 aromatic rings. The molecule has 2 aliphatic rings. The molecular weight excluding hydrogens is 582 g/mol. The van der Waals surface area contributed by atoms with Gasteiger partial charge in [-0.1, -0.05) is 19.9 Å². The third-order valence-electron chi connectivity index (χ3n) is 8.99. The maximum absolute atomic E-state index is 14.2. The van der Waals surface area contributed by atoms with Crippen LogP contribution in [0.2, 0.25) is 0 Å². The number of methoxy groups -OCH3 is 1. The Hall–Kier alpha value is -2.83. The lowest BCUT2D eigenvalue weighted by Gasteiger charge is -2.48. The van der Waals surface area contributed by atoms with E-state index < -0.39 is 53.2 Å². The molecule has 1 heterocycles. The van der Waals surface area contributed by atoms with Crippen LogP contribution in [0.4, 0.5) is 26.3 Å². The minimum absolute atomic E-state index is 0.102. The molecule has 242 valence electrons. The van der Waals surface area contributed by atoms with Gasteiger partial charge in [-0.25, -0.2) is 0 Å². The van der Waals surface area contributed by atoms with Gasteiger partial charge in [-0.15, -0.1) is 0 Å². The lowest BCUT2D eigenvalue weighted by atomic mass is 9.64. The van der Waals surface area contributed by atoms with Crippen molar-refractivity contribution in [2.24, 2.45) is 11.3 Å². The van der Waals surface area contributed by atoms with Gasteiger partial charge in [0.15, 0.2) is 0 Å². The molecule has 1 aliphatic heterocycles. The first-order chi connectivity index (χ1) is 20.0. The van der Waals surface area contributed by atoms with E-state index >= 15 is 0 Å². The maximum Gasteiger partial charge on any atom is 0.471 e. The lowest BCUT2D eigenvalue weighted by molar-refractivity contribution is -0.192. The van der Waals surface area contributed by atoms with Crippen molar-refractivity contribution in [1.29, 1.82) is 0 Å². The van der Waals surface area contributed by atoms with Crippen molar-refractivity contribution in [3.8, 4) is 0 Å². The van der Waals surface area contributed by atoms with Crippen LogP contribution in [-0.2, 0) is 36.6 Å². The highest BCUT2D eigenvalue weighted by Gasteiger charge is 2.52. The smallest absolute Gasteiger partial charge is 0.468 e. The normalized spacial score (nSPS) is 23.5. The summed E-state index contributed by atoms with van der Waals surface area (Å²) in [6.07, 6.45) is -8.88. The molecule has 0 bridgehead atoms. The van der Waals surface area contributed by atoms with Crippen LogP contribution >= 0.6 is 0 Å². The van der Waals surface area contributed by atoms with Gasteiger partial charge >= 0.3 is 24.2 Å². The quantitative estimate of drug-likeness (QED) is 0.189. The first-order valence-corrected chi connectivity index (χ1v) is 14.5. The van der Waals surface area contributed by atoms with Crippen LogP contribution in [0.1, 0.15) is 82.4 Å². The molecule has 1 saturated carbocycles. The number of halogens is 6. The largest absolute Gasteiger partial charge is 0.471 e. The molecule has 2 unspecified atom stereocenters. The molecule has 0 spiro atoms. The summed E-state index contributed by atoms with van der Waals surface area (Å²) in [6, 6.07) is 1.56. The number of carbonyl (C=O) groups excluding carboxylic acids is 3. The summed E-state index contributed by atoms with van der Waals surface area (Å²) in [5, 5.41) is 0. The second-order valence-corrected chi connectivity index (χ2v) is 11.8. The average Bonchev–Trinajstić information content (AvgIpc) is 2.95. The molecule has 0 aromatic heterocycles. The predicted octanol–water partition coefficient (Wildman–Crippen LogP) is 6.10. The van der Waals surface area contributed by atoms with Crippen LogP contribution in [0.5, 0.6) is 0 Å². The molecule has 13 heteroatoms. The van der Waals surface area contributed by atoms with E-state index in [2.05, 4.69) is 0 Å². The van der Waals surface area contributed by atoms with Gasteiger partial charge < -0.3 is 19.3 Å². The van der Waals surface area contributed by atoms with Crippen molar-refractivity contribution < 1.29 is 50.2 Å². The van der Waals surface area contributed by atoms with E-state index in [1.165, 1.54) is 11.0 Å². The number of hydrogen-bond acceptors (Lipinski definition) is 5. The van der Waals surface area contributed by atoms with Crippen LogP contribution in [0.15, 0.2) is 18.2 Å². The average molecular weight is 623 g/mol. The summed E-state index contributed by atoms with van der Waals surface area (Å²) in [4.78, 5) is 41.6. The Morgan fingerprint density at radius 3 is 2.21 bits per heavy atom. The zero-order chi connectivity index (χ0) is 32.3. The predicted molar refractivity (Wildman–Crippen MR) is 145 cm³/mol. The Bertz CT molecular complexity index is 1160. The maximum atomic E-state index is 14.2. The fourth-order valence-electron chi connectivity index (χ4n) is 6.50. The fourth-order valence-corrected chi connectivity index (χ4v) is 6.50. The first kappa shape index (κ1) is 34.7. The number of carbonyl (C=O) groups is 3. The highest BCUT2D eigenvalue weighted by atomic mass is 19.4. The Morgan fingerprint density at radius 2 is 1.70 bits per heavy atom. The summed E-state index contributed by atoms with van der Waals surface area (Å²) in [7, 11) is 1.16. The van der Waals surface area contributed by atoms with Gasteiger partial charge in [0.1, 0.15) is 0 Å². The minimum atomic E-state index is -5.07. The van der Waals surface area contributed by atoms with Crippen LogP contribution in [0, 0.1) is 11.3 Å². The summed E-state index contributed by atoms with van der Waals surface area (Å²) < 4.78 is 91.5. The Kier molecular flexibility index (Phi) is 10.8. The number of esters is 1. The van der Waals surface area contributed by atoms with Crippen molar-refractivity contribution in [2.45, 2.75) is 96.7 Å². The number of amides is 2. The van der Waals surface area contributed by atoms with Crippen LogP contribution in [0.3, 0.4) is 0 Å². The minimum Gasteiger partial charge on any atom is -0.468 e. The fraction of sp³-hybridized carbons (Fsp3) is 0.700. The number of nitrogens with zero attached hydrogens (tertiary/aromatic N) is 2. The van der Waals surface area contributed by atoms with Gasteiger partial charge in [0.2, 0.25) is 5.91 Å². The molecule has 3 rings (SSSR count). The van der Waals surface area contributed by atoms with Gasteiger partial charge in [0, 0.05) is 38.4 Å². The van der Waals surface area contributed by atoms with Gasteiger partial charge in [0.05, 0.1) is 24.0 Å². The summed E-state index contributed by atoms with van der Waals surface area (Å²) >= 11 is 0. The Labute approximate surface area is 247 Å². The molecule has 2 atom stereocenters. The number of hydrogen-bond donors (Lipinski definition) is 0. The zero-order valence-electron chi connectivity index (χ0n) is 25.1. The molecule has 1 aromatic carbocycles. The number of benzene rings is 1. The van der Waals surface area contributed by atoms with Crippen molar-refractivity contribution in [3.05, 3.63) is 34.9 Å². The summed E-state index contributed by atoms with van der Waals surface area (Å²) in [5.74, 6) is -4.27. The third-order valence-corrected chi connectivity index (χ3v) is 8.99. The standard InChI is InChI=1S/C30H40F6N2O5/c1-6-43-14-11-19(4)38(27(41)30(34,35)36)22-9-12-28(13-10-22,18(2)3)26(40)37-16-20-15-21(29(31,32)33)7-8-23(20)24(17-37)25(39)42-5/h7-8,15,18-19,22,24H,6,9-14,16-17H2,1-5H3.